The maximum Gasteiger partial charge on any atom is 0.416 e. The van der Waals surface area contributed by atoms with Crippen LogP contribution in [0.25, 0.3) is 11.0 Å². The van der Waals surface area contributed by atoms with E-state index in [1.54, 1.807) is 13.8 Å². The highest BCUT2D eigenvalue weighted by atomic mass is 19.4. The predicted octanol–water partition coefficient (Wildman–Crippen LogP) is 3.39. The molecule has 0 aliphatic carbocycles. The average Bonchev–Trinajstić information content (AvgIpc) is 2.60. The summed E-state index contributed by atoms with van der Waals surface area (Å²) in [4.78, 5) is 4.25. The topological polar surface area (TPSA) is 38.0 Å². The van der Waals surface area contributed by atoms with Crippen LogP contribution in [0.15, 0.2) is 18.2 Å². The molecular formula is C14H17F3N2O. The second-order valence-electron chi connectivity index (χ2n) is 5.46. The molecule has 2 rings (SSSR count). The van der Waals surface area contributed by atoms with Crippen molar-refractivity contribution < 1.29 is 18.3 Å². The van der Waals surface area contributed by atoms with Crippen molar-refractivity contribution in [2.24, 2.45) is 0 Å². The number of aryl methyl sites for hydroxylation is 1. The maximum absolute atomic E-state index is 12.7. The molecule has 0 saturated carbocycles. The summed E-state index contributed by atoms with van der Waals surface area (Å²) in [6, 6.07) is 3.54. The van der Waals surface area contributed by atoms with E-state index in [4.69, 9.17) is 0 Å². The first kappa shape index (κ1) is 14.8. The van der Waals surface area contributed by atoms with Gasteiger partial charge in [-0.1, -0.05) is 0 Å². The Balaban J connectivity index is 2.56. The molecule has 0 aliphatic rings. The van der Waals surface area contributed by atoms with Gasteiger partial charge >= 0.3 is 6.18 Å². The molecule has 110 valence electrons. The van der Waals surface area contributed by atoms with Gasteiger partial charge in [0.05, 0.1) is 22.2 Å². The molecule has 0 amide bonds. The van der Waals surface area contributed by atoms with Crippen molar-refractivity contribution in [1.29, 1.82) is 0 Å². The summed E-state index contributed by atoms with van der Waals surface area (Å²) in [5.74, 6) is 0.592. The molecule has 0 unspecified atom stereocenters. The van der Waals surface area contributed by atoms with E-state index in [-0.39, 0.29) is 6.42 Å². The molecule has 3 nitrogen and oxygen atoms in total. The second-order valence-corrected chi connectivity index (χ2v) is 5.46. The Morgan fingerprint density at radius 2 is 1.90 bits per heavy atom. The first-order chi connectivity index (χ1) is 9.12. The molecule has 1 aromatic heterocycles. The first-order valence-electron chi connectivity index (χ1n) is 6.40. The first-order valence-corrected chi connectivity index (χ1v) is 6.40. The van der Waals surface area contributed by atoms with Gasteiger partial charge in [0.15, 0.2) is 0 Å². The summed E-state index contributed by atoms with van der Waals surface area (Å²) in [6.07, 6.45) is -4.09. The zero-order chi connectivity index (χ0) is 15.1. The normalized spacial score (nSPS) is 13.2. The highest BCUT2D eigenvalue weighted by molar-refractivity contribution is 5.77. The number of benzene rings is 1. The highest BCUT2D eigenvalue weighted by Gasteiger charge is 2.31. The van der Waals surface area contributed by atoms with E-state index >= 15 is 0 Å². The number of hydrogen-bond acceptors (Lipinski definition) is 2. The molecule has 1 heterocycles. The van der Waals surface area contributed by atoms with Gasteiger partial charge < -0.3 is 9.67 Å². The molecule has 0 saturated heterocycles. The molecule has 2 aromatic rings. The lowest BCUT2D eigenvalue weighted by Crippen LogP contribution is -2.24. The molecule has 0 radical (unpaired) electrons. The Bertz CT molecular complexity index is 624. The zero-order valence-corrected chi connectivity index (χ0v) is 11.6. The van der Waals surface area contributed by atoms with Crippen molar-refractivity contribution >= 4 is 11.0 Å². The van der Waals surface area contributed by atoms with Gasteiger partial charge in [0.2, 0.25) is 0 Å². The Morgan fingerprint density at radius 1 is 1.25 bits per heavy atom. The molecule has 0 fully saturated rings. The molecule has 20 heavy (non-hydrogen) atoms. The van der Waals surface area contributed by atoms with E-state index in [2.05, 4.69) is 4.98 Å². The third kappa shape index (κ3) is 2.95. The minimum atomic E-state index is -4.37. The summed E-state index contributed by atoms with van der Waals surface area (Å²) < 4.78 is 39.9. The minimum absolute atomic E-state index is 0.289. The number of nitrogens with zero attached hydrogens (tertiary/aromatic N) is 2. The maximum atomic E-state index is 12.7. The van der Waals surface area contributed by atoms with E-state index in [0.29, 0.717) is 23.4 Å². The summed E-state index contributed by atoms with van der Waals surface area (Å²) in [5, 5.41) is 9.87. The van der Waals surface area contributed by atoms with Crippen LogP contribution in [0.2, 0.25) is 0 Å². The number of hydrogen-bond donors (Lipinski definition) is 1. The fraction of sp³-hybridized carbons (Fsp3) is 0.500. The van der Waals surface area contributed by atoms with Crippen LogP contribution in [0, 0.1) is 0 Å². The summed E-state index contributed by atoms with van der Waals surface area (Å²) in [5.41, 5.74) is -0.706. The van der Waals surface area contributed by atoms with Crippen molar-refractivity contribution in [3.63, 3.8) is 0 Å². The van der Waals surface area contributed by atoms with Gasteiger partial charge in [-0.15, -0.1) is 0 Å². The van der Waals surface area contributed by atoms with Crippen LogP contribution in [0.3, 0.4) is 0 Å². The molecule has 0 atom stereocenters. The van der Waals surface area contributed by atoms with Gasteiger partial charge in [-0.05, 0) is 39.0 Å². The predicted molar refractivity (Wildman–Crippen MR) is 70.4 cm³/mol. The number of aromatic nitrogens is 2. The lowest BCUT2D eigenvalue weighted by Gasteiger charge is -2.17. The minimum Gasteiger partial charge on any atom is -0.390 e. The van der Waals surface area contributed by atoms with Gasteiger partial charge in [0.25, 0.3) is 0 Å². The second kappa shape index (κ2) is 4.77. The Hall–Kier alpha value is -1.56. The van der Waals surface area contributed by atoms with E-state index in [1.807, 2.05) is 11.5 Å². The van der Waals surface area contributed by atoms with Crippen molar-refractivity contribution in [1.82, 2.24) is 9.55 Å². The largest absolute Gasteiger partial charge is 0.416 e. The van der Waals surface area contributed by atoms with Gasteiger partial charge in [-0.2, -0.15) is 13.2 Å². The quantitative estimate of drug-likeness (QED) is 0.939. The van der Waals surface area contributed by atoms with Crippen molar-refractivity contribution in [2.45, 2.75) is 45.5 Å². The number of rotatable bonds is 3. The van der Waals surface area contributed by atoms with E-state index in [9.17, 15) is 18.3 Å². The molecule has 0 bridgehead atoms. The monoisotopic (exact) mass is 286 g/mol. The highest BCUT2D eigenvalue weighted by Crippen LogP contribution is 2.31. The van der Waals surface area contributed by atoms with Gasteiger partial charge in [0.1, 0.15) is 5.82 Å². The third-order valence-electron chi connectivity index (χ3n) is 3.06. The average molecular weight is 286 g/mol. The molecule has 0 spiro atoms. The lowest BCUT2D eigenvalue weighted by atomic mass is 10.1. The summed E-state index contributed by atoms with van der Waals surface area (Å²) in [6.45, 7) is 5.78. The van der Waals surface area contributed by atoms with Gasteiger partial charge in [0, 0.05) is 13.0 Å². The van der Waals surface area contributed by atoms with Gasteiger partial charge in [-0.3, -0.25) is 0 Å². The Morgan fingerprint density at radius 3 is 2.40 bits per heavy atom. The molecule has 0 aliphatic heterocycles. The van der Waals surface area contributed by atoms with E-state index in [0.717, 1.165) is 12.1 Å². The number of imidazole rings is 1. The molecular weight excluding hydrogens is 269 g/mol. The summed E-state index contributed by atoms with van der Waals surface area (Å²) >= 11 is 0. The van der Waals surface area contributed by atoms with Crippen molar-refractivity contribution in [2.75, 3.05) is 0 Å². The lowest BCUT2D eigenvalue weighted by molar-refractivity contribution is -0.137. The Labute approximate surface area is 115 Å². The third-order valence-corrected chi connectivity index (χ3v) is 3.06. The summed E-state index contributed by atoms with van der Waals surface area (Å²) in [7, 11) is 0. The molecule has 1 aromatic carbocycles. The number of alkyl halides is 3. The fourth-order valence-corrected chi connectivity index (χ4v) is 2.23. The van der Waals surface area contributed by atoms with Crippen molar-refractivity contribution in [3.8, 4) is 0 Å². The smallest absolute Gasteiger partial charge is 0.390 e. The van der Waals surface area contributed by atoms with Crippen LogP contribution >= 0.6 is 0 Å². The number of halogens is 3. The fourth-order valence-electron chi connectivity index (χ4n) is 2.23. The van der Waals surface area contributed by atoms with Crippen LogP contribution in [-0.2, 0) is 19.1 Å². The van der Waals surface area contributed by atoms with Crippen LogP contribution in [0.5, 0.6) is 0 Å². The molecule has 1 N–H and O–H groups in total. The molecule has 6 heteroatoms. The number of aliphatic hydroxyl groups is 1. The zero-order valence-electron chi connectivity index (χ0n) is 11.6. The Kier molecular flexibility index (Phi) is 3.54. The van der Waals surface area contributed by atoms with Crippen LogP contribution in [-0.4, -0.2) is 20.3 Å². The van der Waals surface area contributed by atoms with E-state index in [1.165, 1.54) is 6.07 Å². The van der Waals surface area contributed by atoms with Crippen LogP contribution < -0.4 is 0 Å². The van der Waals surface area contributed by atoms with E-state index < -0.39 is 17.3 Å². The van der Waals surface area contributed by atoms with Crippen LogP contribution in [0.4, 0.5) is 13.2 Å². The van der Waals surface area contributed by atoms with Crippen LogP contribution in [0.1, 0.15) is 32.2 Å². The SMILES string of the molecule is CCn1c(CC(C)(C)O)nc2cc(C(F)(F)F)ccc21. The standard InChI is InChI=1S/C14H17F3N2O/c1-4-19-11-6-5-9(14(15,16)17)7-10(11)18-12(19)8-13(2,3)20/h5-7,20H,4,8H2,1-3H3. The number of fused-ring (bicyclic) bond motifs is 1. The van der Waals surface area contributed by atoms with Crippen molar-refractivity contribution in [3.05, 3.63) is 29.6 Å². The van der Waals surface area contributed by atoms with Gasteiger partial charge in [-0.25, -0.2) is 4.98 Å².